The number of carbonyl (C=O) groups is 1. The van der Waals surface area contributed by atoms with E-state index in [2.05, 4.69) is 236 Å². The van der Waals surface area contributed by atoms with Crippen LogP contribution in [0.25, 0.3) is 0 Å². The normalized spacial score (nSPS) is 11.1. The molecule has 0 atom stereocenters. The summed E-state index contributed by atoms with van der Waals surface area (Å²) in [6, 6.07) is 105. The maximum Gasteiger partial charge on any atom is 4.00 e. The van der Waals surface area contributed by atoms with Crippen molar-refractivity contribution in [3.63, 3.8) is 0 Å². The van der Waals surface area contributed by atoms with E-state index in [-0.39, 0.29) is 37.8 Å². The predicted octanol–water partition coefficient (Wildman–Crippen LogP) is 11.1. The fraction of sp³-hybridized carbons (Fsp3) is 0.0286. The van der Waals surface area contributed by atoms with Gasteiger partial charge in [0.25, 0.3) is 0 Å². The van der Waals surface area contributed by atoms with Crippen LogP contribution in [-0.2, 0) is 35.9 Å². The van der Waals surface area contributed by atoms with Crippen molar-refractivity contribution in [3.05, 3.63) is 345 Å². The van der Waals surface area contributed by atoms with E-state index in [1.54, 1.807) is 6.08 Å². The van der Waals surface area contributed by atoms with Crippen LogP contribution < -0.4 is 60.1 Å². The van der Waals surface area contributed by atoms with Gasteiger partial charge in [-0.1, -0.05) is 267 Å². The molecule has 0 bridgehead atoms. The minimum atomic E-state index is -6.00. The van der Waals surface area contributed by atoms with Crippen LogP contribution in [0.1, 0.15) is 5.56 Å². The summed E-state index contributed by atoms with van der Waals surface area (Å²) in [7, 11) is -7.97. The molecule has 0 N–H and O–H groups in total. The van der Waals surface area contributed by atoms with Crippen LogP contribution in [0.4, 0.5) is 17.3 Å². The van der Waals surface area contributed by atoms with Crippen molar-refractivity contribution >= 4 is 90.3 Å². The monoisotopic (exact) mass is 1350 g/mol. The number of hydrogen-bond donors (Lipinski definition) is 0. The van der Waals surface area contributed by atoms with Gasteiger partial charge >= 0.3 is 27.0 Å². The molecule has 0 amide bonds. The molecule has 10 aromatic rings. The maximum absolute atomic E-state index is 12.4. The Balaban J connectivity index is 0.000000235. The summed E-state index contributed by atoms with van der Waals surface area (Å²) in [5.74, 6) is -0.545. The van der Waals surface area contributed by atoms with Gasteiger partial charge in [-0.3, -0.25) is 12.2 Å². The van der Waals surface area contributed by atoms with Crippen molar-refractivity contribution in [2.45, 2.75) is 6.54 Å². The van der Waals surface area contributed by atoms with Crippen molar-refractivity contribution in [2.24, 2.45) is 4.99 Å². The summed E-state index contributed by atoms with van der Waals surface area (Å²) in [4.78, 5) is 16.7. The number of allylic oxidation sites excluding steroid dienone is 4. The third-order valence-electron chi connectivity index (χ3n) is 12.1. The Hall–Kier alpha value is -7.44. The molecular formula is C70H58BClF4NO2OsP3. The first-order valence-electron chi connectivity index (χ1n) is 25.9. The van der Waals surface area contributed by atoms with Gasteiger partial charge in [0, 0.05) is 6.54 Å². The van der Waals surface area contributed by atoms with Gasteiger partial charge in [0.2, 0.25) is 0 Å². The van der Waals surface area contributed by atoms with Gasteiger partial charge < -0.3 is 56.8 Å². The van der Waals surface area contributed by atoms with E-state index in [9.17, 15) is 22.1 Å². The molecule has 0 fully saturated rings. The molecule has 83 heavy (non-hydrogen) atoms. The van der Waals surface area contributed by atoms with Gasteiger partial charge in [0.15, 0.2) is 5.97 Å². The average Bonchev–Trinajstić information content (AvgIpc) is 2.51. The standard InChI is InChI=1S/C34H28NO2P.2C18H15P.BF4.ClH.Os/c1-28(16-15-19-30(34(36)37-2)27-35-26-29-17-7-3-8-18-29)38(31-20-9-4-10-21-31,32-22-11-5-12-23-32)33-24-13-6-14-25-33;2*1-4-10-16(11-5-1)19(17-12-6-2-7-13-17)18-14-8-3-9-15-18;2-1(3,4)5;;/h1,3-14,16-25H,26H2,2H3;2*1-15H;;1H;/q-2;;;-1;;+4/p-1/b30-19+;;;;;. The summed E-state index contributed by atoms with van der Waals surface area (Å²) in [6.45, 7) is 7.38. The number of halogens is 5. The van der Waals surface area contributed by atoms with Crippen molar-refractivity contribution in [2.75, 3.05) is 7.11 Å². The number of methoxy groups -OCH3 is 1. The van der Waals surface area contributed by atoms with Gasteiger partial charge in [0.1, 0.15) is 0 Å². The molecule has 13 heteroatoms. The minimum absolute atomic E-state index is 0. The number of aliphatic imine (C=N–C) groups is 1. The molecule has 0 aliphatic carbocycles. The first-order valence-corrected chi connectivity index (χ1v) is 30.3. The number of rotatable bonds is 16. The van der Waals surface area contributed by atoms with E-state index >= 15 is 0 Å². The number of carbonyl (C=O) groups excluding carboxylic acids is 1. The molecule has 0 saturated heterocycles. The van der Waals surface area contributed by atoms with Gasteiger partial charge in [0.05, 0.1) is 30.3 Å². The number of esters is 1. The fourth-order valence-electron chi connectivity index (χ4n) is 8.56. The number of hydrogen-bond acceptors (Lipinski definition) is 3. The van der Waals surface area contributed by atoms with E-state index in [0.29, 0.717) is 11.9 Å². The summed E-state index contributed by atoms with van der Waals surface area (Å²) in [5.41, 5.74) is 1.18. The Labute approximate surface area is 509 Å². The van der Waals surface area contributed by atoms with Crippen LogP contribution >= 0.6 is 23.1 Å². The maximum atomic E-state index is 12.4. The minimum Gasteiger partial charge on any atom is -1.00 e. The molecule has 0 aliphatic heterocycles. The van der Waals surface area contributed by atoms with Crippen LogP contribution in [0.5, 0.6) is 0 Å². The van der Waals surface area contributed by atoms with Gasteiger partial charge in [-0.05, 0) is 89.6 Å². The van der Waals surface area contributed by atoms with Crippen molar-refractivity contribution in [3.8, 4) is 0 Å². The van der Waals surface area contributed by atoms with E-state index < -0.39 is 36.3 Å². The van der Waals surface area contributed by atoms with Crippen molar-refractivity contribution < 1.29 is 59.0 Å². The largest absolute Gasteiger partial charge is 4.00 e. The zero-order valence-electron chi connectivity index (χ0n) is 45.2. The molecule has 0 spiro atoms. The summed E-state index contributed by atoms with van der Waals surface area (Å²) in [5, 5.41) is 12.4. The Kier molecular flexibility index (Phi) is 28.4. The second kappa shape index (κ2) is 35.5. The molecule has 0 aromatic heterocycles. The molecule has 0 heterocycles. The molecular weight excluding hydrogens is 1290 g/mol. The number of nitrogens with zero attached hydrogens (tertiary/aromatic N) is 1. The summed E-state index contributed by atoms with van der Waals surface area (Å²) >= 11 is 0. The quantitative estimate of drug-likeness (QED) is 0.0141. The van der Waals surface area contributed by atoms with E-state index in [0.717, 1.165) is 21.5 Å². The first-order chi connectivity index (χ1) is 39.6. The zero-order valence-corrected chi connectivity index (χ0v) is 51.2. The summed E-state index contributed by atoms with van der Waals surface area (Å²) in [6.07, 6.45) is 9.20. The molecule has 3 nitrogen and oxygen atoms in total. The molecule has 10 rings (SSSR count). The Morgan fingerprint density at radius 3 is 0.964 bits per heavy atom. The predicted molar refractivity (Wildman–Crippen MR) is 339 cm³/mol. The third-order valence-corrected chi connectivity index (χ3v) is 21.1. The second-order valence-electron chi connectivity index (χ2n) is 17.6. The molecule has 0 radical (unpaired) electrons. The van der Waals surface area contributed by atoms with Gasteiger partial charge in [-0.15, -0.1) is 6.21 Å². The Morgan fingerprint density at radius 1 is 0.470 bits per heavy atom. The van der Waals surface area contributed by atoms with Gasteiger partial charge in [-0.2, -0.15) is 10.9 Å². The van der Waals surface area contributed by atoms with Crippen molar-refractivity contribution in [1.29, 1.82) is 0 Å². The average molecular weight is 1350 g/mol. The molecule has 0 aliphatic rings. The zero-order chi connectivity index (χ0) is 57.0. The number of ether oxygens (including phenoxy) is 1. The Morgan fingerprint density at radius 2 is 0.711 bits per heavy atom. The first kappa shape index (κ1) is 66.4. The smallest absolute Gasteiger partial charge is 1.00 e. The molecule has 10 aromatic carbocycles. The Bertz CT molecular complexity index is 3110. The van der Waals surface area contributed by atoms with Crippen LogP contribution in [0.2, 0.25) is 0 Å². The summed E-state index contributed by atoms with van der Waals surface area (Å²) < 4.78 is 43.9. The van der Waals surface area contributed by atoms with Crippen LogP contribution in [-0.4, -0.2) is 26.5 Å². The molecule has 416 valence electrons. The van der Waals surface area contributed by atoms with Gasteiger partial charge in [-0.25, -0.2) is 0 Å². The third kappa shape index (κ3) is 20.4. The SMILES string of the molecule is F[B-](F)(F)F.[CH-]=C(C=[C-]/C=C(\[C-]=NCc1ccccc1)C(=O)OC)[P+](c1ccccc1)(c1ccccc1)c1ccccc1.[Cl-].[Os+4].c1ccc(P(c2ccccc2)c2ccccc2)cc1.c1ccc(P(c2ccccc2)c2ccccc2)cc1. The molecule has 0 unspecified atom stereocenters. The van der Waals surface area contributed by atoms with Crippen molar-refractivity contribution in [1.82, 2.24) is 0 Å². The number of benzene rings is 10. The second-order valence-corrected chi connectivity index (χ2v) is 25.4. The van der Waals surface area contributed by atoms with Crippen LogP contribution in [0.15, 0.2) is 331 Å². The van der Waals surface area contributed by atoms with Crippen LogP contribution in [0, 0.1) is 12.7 Å². The molecule has 0 saturated carbocycles. The topological polar surface area (TPSA) is 38.7 Å². The van der Waals surface area contributed by atoms with E-state index in [1.165, 1.54) is 45.0 Å². The van der Waals surface area contributed by atoms with E-state index in [4.69, 9.17) is 11.3 Å². The van der Waals surface area contributed by atoms with E-state index in [1.807, 2.05) is 84.9 Å². The van der Waals surface area contributed by atoms with Crippen LogP contribution in [0.3, 0.4) is 0 Å². The fourth-order valence-corrected chi connectivity index (χ4v) is 17.1.